The quantitative estimate of drug-likeness (QED) is 0.173. The summed E-state index contributed by atoms with van der Waals surface area (Å²) in [6, 6.07) is 8.03. The Bertz CT molecular complexity index is 1000. The average molecular weight is 672 g/mol. The van der Waals surface area contributed by atoms with Gasteiger partial charge in [0.05, 0.1) is 18.8 Å². The number of aryl methyl sites for hydroxylation is 2. The zero-order chi connectivity index (χ0) is 30.6. The number of ketones is 2. The Morgan fingerprint density at radius 1 is 0.767 bits per heavy atom. The molecular weight excluding hydrogens is 628 g/mol. The van der Waals surface area contributed by atoms with Gasteiger partial charge in [-0.3, -0.25) is 43.6 Å². The molecule has 1 aromatic rings. The second kappa shape index (κ2) is 23.1. The van der Waals surface area contributed by atoms with Crippen LogP contribution < -0.4 is 0 Å². The van der Waals surface area contributed by atoms with E-state index in [-0.39, 0.29) is 55.2 Å². The summed E-state index contributed by atoms with van der Waals surface area (Å²) in [5.74, 6) is -0.0968. The Kier molecular flexibility index (Phi) is 20.8. The third-order valence-electron chi connectivity index (χ3n) is 7.02. The van der Waals surface area contributed by atoms with E-state index in [0.717, 1.165) is 11.1 Å². The minimum Gasteiger partial charge on any atom is -0.480 e. The van der Waals surface area contributed by atoms with Crippen LogP contribution >= 0.6 is 11.8 Å². The molecule has 0 bridgehead atoms. The number of carboxylic acids is 1. The number of nitrogens with zero attached hydrogens (tertiary/aromatic N) is 4. The number of hydrogen-bond acceptors (Lipinski definition) is 12. The summed E-state index contributed by atoms with van der Waals surface area (Å²) in [5, 5.41) is 9.41. The van der Waals surface area contributed by atoms with Crippen LogP contribution in [0.4, 0.5) is 0 Å². The first kappa shape index (κ1) is 38.7. The summed E-state index contributed by atoms with van der Waals surface area (Å²) >= 11 is 1.53. The summed E-state index contributed by atoms with van der Waals surface area (Å²) in [6.07, 6.45) is 4.08. The van der Waals surface area contributed by atoms with Gasteiger partial charge in [0.15, 0.2) is 0 Å². The van der Waals surface area contributed by atoms with Gasteiger partial charge in [0.25, 0.3) is 12.9 Å². The first-order chi connectivity index (χ1) is 20.3. The van der Waals surface area contributed by atoms with E-state index in [1.807, 2.05) is 44.1 Å². The number of rotatable bonds is 18. The molecule has 43 heavy (non-hydrogen) atoms. The number of benzene rings is 1. The number of carbonyl (C=O) groups excluding carboxylic acids is 4. The molecule has 245 valence electrons. The first-order valence-electron chi connectivity index (χ1n) is 14.1. The van der Waals surface area contributed by atoms with E-state index in [0.29, 0.717) is 96.7 Å². The predicted molar refractivity (Wildman–Crippen MR) is 159 cm³/mol. The molecule has 1 fully saturated rings. The predicted octanol–water partition coefficient (Wildman–Crippen LogP) is 0.618. The van der Waals surface area contributed by atoms with Crippen LogP contribution in [0.3, 0.4) is 0 Å². The zero-order valence-corrected chi connectivity index (χ0v) is 26.5. The molecular formula is C29H44CuN4O8S. The van der Waals surface area contributed by atoms with E-state index >= 15 is 0 Å². The fourth-order valence-electron chi connectivity index (χ4n) is 4.69. The monoisotopic (exact) mass is 671 g/mol. The minimum absolute atomic E-state index is 0. The molecule has 1 saturated heterocycles. The van der Waals surface area contributed by atoms with Crippen LogP contribution in [-0.4, -0.2) is 146 Å². The van der Waals surface area contributed by atoms with Gasteiger partial charge in [-0.05, 0) is 30.2 Å². The van der Waals surface area contributed by atoms with Crippen LogP contribution in [0.15, 0.2) is 24.3 Å². The topological polar surface area (TPSA) is 137 Å². The molecule has 2 rings (SSSR count). The van der Waals surface area contributed by atoms with Crippen molar-refractivity contribution in [3.63, 3.8) is 0 Å². The van der Waals surface area contributed by atoms with Crippen molar-refractivity contribution >= 4 is 42.2 Å². The van der Waals surface area contributed by atoms with Crippen LogP contribution in [0.5, 0.6) is 0 Å². The molecule has 0 amide bonds. The van der Waals surface area contributed by atoms with Gasteiger partial charge >= 0.3 is 5.97 Å². The Balaban J connectivity index is 0.00000924. The number of hydrogen-bond donors (Lipinski definition) is 1. The van der Waals surface area contributed by atoms with E-state index in [2.05, 4.69) is 6.07 Å². The summed E-state index contributed by atoms with van der Waals surface area (Å²) in [5.41, 5.74) is 2.14. The normalized spacial score (nSPS) is 16.2. The third-order valence-corrected chi connectivity index (χ3v) is 7.63. The number of ether oxygens (including phenoxy) is 2. The van der Waals surface area contributed by atoms with Gasteiger partial charge in [-0.25, -0.2) is 0 Å². The molecule has 0 spiro atoms. The summed E-state index contributed by atoms with van der Waals surface area (Å²) in [7, 11) is 0. The molecule has 14 heteroatoms. The SMILES string of the molecule is CSCC(=O)CCc1cccc(CCC(=O)CN2CCN(COC=O)CCN(COC=O)CCN(CC(=O)O)CC2)c1.[Cu]. The van der Waals surface area contributed by atoms with E-state index in [9.17, 15) is 29.1 Å². The Hall–Kier alpha value is -2.32. The van der Waals surface area contributed by atoms with Crippen molar-refractivity contribution in [2.24, 2.45) is 0 Å². The second-order valence-electron chi connectivity index (χ2n) is 10.3. The standard InChI is InChI=1S/C29H44N4O8S.Cu/c1-42-20-28(37)8-6-26-4-2-3-25(17-26)5-7-27(36)18-30-9-10-31(19-29(38)39)12-14-33(22-41-24-35)16-15-32(13-11-30)21-40-23-34;/h2-4,17,23-24H,5-16,18-22H2,1H3,(H,38,39);. The molecule has 12 nitrogen and oxygen atoms in total. The van der Waals surface area contributed by atoms with Crippen molar-refractivity contribution < 1.29 is 55.6 Å². The number of thioether (sulfide) groups is 1. The van der Waals surface area contributed by atoms with Gasteiger partial charge in [-0.2, -0.15) is 11.8 Å². The number of Topliss-reactive ketones (excluding diaryl/α,β-unsaturated/α-hetero) is 2. The molecule has 1 aliphatic heterocycles. The Morgan fingerprint density at radius 3 is 1.65 bits per heavy atom. The molecule has 1 N–H and O–H groups in total. The van der Waals surface area contributed by atoms with Gasteiger partial charge in [0.1, 0.15) is 25.0 Å². The molecule has 1 radical (unpaired) electrons. The van der Waals surface area contributed by atoms with E-state index in [1.165, 1.54) is 11.8 Å². The molecule has 0 aliphatic carbocycles. The first-order valence-corrected chi connectivity index (χ1v) is 15.5. The minimum atomic E-state index is -0.937. The van der Waals surface area contributed by atoms with Crippen molar-refractivity contribution in [2.45, 2.75) is 25.7 Å². The van der Waals surface area contributed by atoms with Crippen molar-refractivity contribution in [3.05, 3.63) is 35.4 Å². The largest absolute Gasteiger partial charge is 0.480 e. The van der Waals surface area contributed by atoms with E-state index in [4.69, 9.17) is 9.47 Å². The average Bonchev–Trinajstić information content (AvgIpc) is 2.97. The van der Waals surface area contributed by atoms with Crippen LogP contribution in [0, 0.1) is 0 Å². The van der Waals surface area contributed by atoms with Gasteiger partial charge < -0.3 is 14.6 Å². The van der Waals surface area contributed by atoms with Crippen molar-refractivity contribution in [1.82, 2.24) is 19.6 Å². The number of aliphatic carboxylic acids is 1. The molecule has 1 heterocycles. The van der Waals surface area contributed by atoms with E-state index in [1.54, 1.807) is 0 Å². The summed E-state index contributed by atoms with van der Waals surface area (Å²) in [4.78, 5) is 65.7. The summed E-state index contributed by atoms with van der Waals surface area (Å²) in [6.45, 7) is 4.99. The van der Waals surface area contributed by atoms with E-state index < -0.39 is 5.97 Å². The van der Waals surface area contributed by atoms with Gasteiger partial charge in [0.2, 0.25) is 0 Å². The fraction of sp³-hybridized carbons (Fsp3) is 0.621. The molecule has 0 unspecified atom stereocenters. The fourth-order valence-corrected chi connectivity index (χ4v) is 5.15. The third kappa shape index (κ3) is 17.5. The van der Waals surface area contributed by atoms with Crippen LogP contribution in [0.2, 0.25) is 0 Å². The molecule has 1 aromatic carbocycles. The smallest absolute Gasteiger partial charge is 0.317 e. The van der Waals surface area contributed by atoms with Crippen molar-refractivity contribution in [1.29, 1.82) is 0 Å². The maximum atomic E-state index is 13.1. The maximum absolute atomic E-state index is 13.1. The molecule has 1 aliphatic rings. The second-order valence-corrected chi connectivity index (χ2v) is 11.2. The summed E-state index contributed by atoms with van der Waals surface area (Å²) < 4.78 is 9.92. The van der Waals surface area contributed by atoms with Gasteiger partial charge in [0, 0.05) is 82.3 Å². The number of carboxylic acid groups (broad SMARTS) is 1. The van der Waals surface area contributed by atoms with Gasteiger partial charge in [-0.15, -0.1) is 0 Å². The van der Waals surface area contributed by atoms with Crippen LogP contribution in [0.1, 0.15) is 24.0 Å². The Labute approximate surface area is 268 Å². The maximum Gasteiger partial charge on any atom is 0.317 e. The van der Waals surface area contributed by atoms with Crippen molar-refractivity contribution in [2.75, 3.05) is 90.9 Å². The molecule has 0 saturated carbocycles. The number of carbonyl (C=O) groups is 5. The van der Waals surface area contributed by atoms with Crippen LogP contribution in [0.25, 0.3) is 0 Å². The van der Waals surface area contributed by atoms with Crippen LogP contribution in [-0.2, 0) is 63.4 Å². The van der Waals surface area contributed by atoms with Crippen molar-refractivity contribution in [3.8, 4) is 0 Å². The molecule has 0 aromatic heterocycles. The zero-order valence-electron chi connectivity index (χ0n) is 24.8. The van der Waals surface area contributed by atoms with Gasteiger partial charge in [-0.1, -0.05) is 24.3 Å². The Morgan fingerprint density at radius 2 is 1.21 bits per heavy atom. The molecule has 0 atom stereocenters.